The predicted molar refractivity (Wildman–Crippen MR) is 112 cm³/mol. The number of carbonyl (C=O) groups is 4. The Labute approximate surface area is 182 Å². The van der Waals surface area contributed by atoms with E-state index < -0.39 is 30.2 Å². The molecule has 1 unspecified atom stereocenters. The van der Waals surface area contributed by atoms with Gasteiger partial charge in [0.2, 0.25) is 0 Å². The lowest BCUT2D eigenvalue weighted by molar-refractivity contribution is -0.167. The molecule has 4 rings (SSSR count). The van der Waals surface area contributed by atoms with Crippen LogP contribution in [0.15, 0.2) is 48.5 Å². The molecule has 0 saturated carbocycles. The average Bonchev–Trinajstić information content (AvgIpc) is 2.72. The predicted octanol–water partition coefficient (Wildman–Crippen LogP) is 4.09. The van der Waals surface area contributed by atoms with E-state index in [1.165, 1.54) is 26.8 Å². The lowest BCUT2D eigenvalue weighted by Crippen LogP contribution is -2.23. The lowest BCUT2D eigenvalue weighted by atomic mass is 9.89. The summed E-state index contributed by atoms with van der Waals surface area (Å²) in [5.74, 6) is -2.77. The molecule has 1 aliphatic heterocycles. The van der Waals surface area contributed by atoms with E-state index in [0.29, 0.717) is 16.3 Å². The van der Waals surface area contributed by atoms with Gasteiger partial charge in [0.1, 0.15) is 0 Å². The molecule has 1 heterocycles. The first-order chi connectivity index (χ1) is 15.3. The first-order valence-corrected chi connectivity index (χ1v) is 9.70. The highest BCUT2D eigenvalue weighted by atomic mass is 16.7. The number of hydrogen-bond acceptors (Lipinski definition) is 8. The van der Waals surface area contributed by atoms with E-state index in [1.807, 2.05) is 30.3 Å². The van der Waals surface area contributed by atoms with Gasteiger partial charge in [0.05, 0.1) is 5.56 Å². The van der Waals surface area contributed by atoms with Crippen LogP contribution in [0.5, 0.6) is 11.5 Å². The van der Waals surface area contributed by atoms with E-state index >= 15 is 0 Å². The molecular formula is C24H18O8. The molecule has 0 N–H and O–H groups in total. The number of ether oxygens (including phenoxy) is 4. The molecule has 0 saturated heterocycles. The summed E-state index contributed by atoms with van der Waals surface area (Å²) in [7, 11) is 0. The van der Waals surface area contributed by atoms with Gasteiger partial charge in [-0.3, -0.25) is 14.4 Å². The molecule has 3 aromatic rings. The second-order valence-electron chi connectivity index (χ2n) is 7.10. The minimum Gasteiger partial charge on any atom is -0.423 e. The summed E-state index contributed by atoms with van der Waals surface area (Å²) in [5, 5.41) is 0.729. The molecular weight excluding hydrogens is 416 g/mol. The van der Waals surface area contributed by atoms with Gasteiger partial charge >= 0.3 is 23.9 Å². The molecule has 0 aliphatic carbocycles. The van der Waals surface area contributed by atoms with E-state index in [2.05, 4.69) is 0 Å². The number of benzene rings is 3. The molecule has 0 aromatic heterocycles. The Morgan fingerprint density at radius 1 is 0.812 bits per heavy atom. The van der Waals surface area contributed by atoms with Crippen molar-refractivity contribution in [1.82, 2.24) is 0 Å². The Balaban J connectivity index is 2.16. The van der Waals surface area contributed by atoms with Crippen LogP contribution in [0.4, 0.5) is 0 Å². The van der Waals surface area contributed by atoms with Gasteiger partial charge in [-0.05, 0) is 23.3 Å². The van der Waals surface area contributed by atoms with Gasteiger partial charge in [0.25, 0.3) is 6.29 Å². The van der Waals surface area contributed by atoms with Gasteiger partial charge in [0.15, 0.2) is 11.5 Å². The van der Waals surface area contributed by atoms with Crippen LogP contribution in [0.25, 0.3) is 21.9 Å². The van der Waals surface area contributed by atoms with Crippen LogP contribution in [0.1, 0.15) is 43.0 Å². The van der Waals surface area contributed by atoms with Crippen LogP contribution in [0, 0.1) is 0 Å². The highest BCUT2D eigenvalue weighted by Crippen LogP contribution is 2.48. The summed E-state index contributed by atoms with van der Waals surface area (Å²) in [6.45, 7) is 3.59. The number of rotatable bonds is 4. The van der Waals surface area contributed by atoms with Crippen molar-refractivity contribution in [3.8, 4) is 22.6 Å². The van der Waals surface area contributed by atoms with Crippen molar-refractivity contribution in [1.29, 1.82) is 0 Å². The largest absolute Gasteiger partial charge is 0.423 e. The Morgan fingerprint density at radius 3 is 2.09 bits per heavy atom. The highest BCUT2D eigenvalue weighted by Gasteiger charge is 2.35. The van der Waals surface area contributed by atoms with Crippen molar-refractivity contribution in [2.75, 3.05) is 0 Å². The molecule has 0 radical (unpaired) electrons. The van der Waals surface area contributed by atoms with E-state index in [1.54, 1.807) is 12.1 Å². The average molecular weight is 434 g/mol. The fourth-order valence-corrected chi connectivity index (χ4v) is 3.69. The van der Waals surface area contributed by atoms with Crippen molar-refractivity contribution in [3.63, 3.8) is 0 Å². The maximum atomic E-state index is 12.7. The molecule has 0 bridgehead atoms. The first-order valence-electron chi connectivity index (χ1n) is 9.70. The molecule has 1 aliphatic rings. The highest BCUT2D eigenvalue weighted by molar-refractivity contribution is 6.15. The van der Waals surface area contributed by atoms with Crippen LogP contribution in [-0.2, 0) is 23.9 Å². The smallest absolute Gasteiger partial charge is 0.342 e. The molecule has 3 aromatic carbocycles. The summed E-state index contributed by atoms with van der Waals surface area (Å²) in [5.41, 5.74) is 1.86. The summed E-state index contributed by atoms with van der Waals surface area (Å²) in [6, 6.07) is 13.9. The molecule has 32 heavy (non-hydrogen) atoms. The zero-order valence-electron chi connectivity index (χ0n) is 17.5. The number of carbonyl (C=O) groups excluding carboxylic acids is 4. The van der Waals surface area contributed by atoms with E-state index in [-0.39, 0.29) is 22.6 Å². The number of cyclic esters (lactones) is 1. The van der Waals surface area contributed by atoms with Crippen LogP contribution >= 0.6 is 0 Å². The SMILES string of the molecule is CC(=O)Oc1cc2c3c(ccc(-c4ccccc4)c3c1OC(C)=O)C(=O)OC2OC(C)=O. The Morgan fingerprint density at radius 2 is 1.47 bits per heavy atom. The molecule has 162 valence electrons. The third kappa shape index (κ3) is 3.78. The Hall–Kier alpha value is -4.20. The van der Waals surface area contributed by atoms with Crippen LogP contribution in [-0.4, -0.2) is 23.9 Å². The minimum atomic E-state index is -1.36. The van der Waals surface area contributed by atoms with E-state index in [0.717, 1.165) is 5.56 Å². The number of hydrogen-bond donors (Lipinski definition) is 0. The van der Waals surface area contributed by atoms with Crippen LogP contribution in [0.2, 0.25) is 0 Å². The van der Waals surface area contributed by atoms with Gasteiger partial charge in [-0.15, -0.1) is 0 Å². The van der Waals surface area contributed by atoms with Crippen molar-refractivity contribution < 1.29 is 38.1 Å². The van der Waals surface area contributed by atoms with Crippen molar-refractivity contribution >= 4 is 34.6 Å². The molecule has 8 heteroatoms. The van der Waals surface area contributed by atoms with Crippen LogP contribution < -0.4 is 9.47 Å². The molecule has 8 nitrogen and oxygen atoms in total. The Bertz CT molecular complexity index is 1280. The van der Waals surface area contributed by atoms with Gasteiger partial charge in [-0.25, -0.2) is 4.79 Å². The zero-order valence-corrected chi connectivity index (χ0v) is 17.5. The molecule has 0 fully saturated rings. The fourth-order valence-electron chi connectivity index (χ4n) is 3.69. The van der Waals surface area contributed by atoms with Crippen molar-refractivity contribution in [2.24, 2.45) is 0 Å². The van der Waals surface area contributed by atoms with Crippen LogP contribution in [0.3, 0.4) is 0 Å². The number of esters is 4. The summed E-state index contributed by atoms with van der Waals surface area (Å²) < 4.78 is 21.3. The Kier molecular flexibility index (Phi) is 5.36. The van der Waals surface area contributed by atoms with Crippen molar-refractivity contribution in [3.05, 3.63) is 59.7 Å². The van der Waals surface area contributed by atoms with E-state index in [9.17, 15) is 19.2 Å². The maximum Gasteiger partial charge on any atom is 0.342 e. The third-order valence-corrected chi connectivity index (χ3v) is 4.78. The van der Waals surface area contributed by atoms with Gasteiger partial charge in [-0.2, -0.15) is 0 Å². The van der Waals surface area contributed by atoms with Gasteiger partial charge < -0.3 is 18.9 Å². The molecule has 0 spiro atoms. The first kappa shape index (κ1) is 21.0. The quantitative estimate of drug-likeness (QED) is 0.447. The monoisotopic (exact) mass is 434 g/mol. The molecule has 1 atom stereocenters. The summed E-state index contributed by atoms with van der Waals surface area (Å²) in [6.07, 6.45) is -1.36. The van der Waals surface area contributed by atoms with Gasteiger partial charge in [0, 0.05) is 37.1 Å². The standard InChI is InChI=1S/C24H18O8/c1-12(25)29-19-11-18-20-17(23(28)32-24(18)31-14(3)27)10-9-16(15-7-5-4-6-8-15)21(20)22(19)30-13(2)26/h4-11,24H,1-3H3. The molecule has 0 amide bonds. The fraction of sp³-hybridized carbons (Fsp3) is 0.167. The normalized spacial score (nSPS) is 14.5. The second kappa shape index (κ2) is 8.14. The topological polar surface area (TPSA) is 105 Å². The maximum absolute atomic E-state index is 12.7. The van der Waals surface area contributed by atoms with E-state index in [4.69, 9.17) is 18.9 Å². The van der Waals surface area contributed by atoms with Crippen molar-refractivity contribution in [2.45, 2.75) is 27.1 Å². The summed E-state index contributed by atoms with van der Waals surface area (Å²) in [4.78, 5) is 48.1. The van der Waals surface area contributed by atoms with Gasteiger partial charge in [-0.1, -0.05) is 36.4 Å². The minimum absolute atomic E-state index is 0.0246. The lowest BCUT2D eigenvalue weighted by Gasteiger charge is -2.27. The second-order valence-corrected chi connectivity index (χ2v) is 7.10. The summed E-state index contributed by atoms with van der Waals surface area (Å²) >= 11 is 0. The zero-order chi connectivity index (χ0) is 23.0. The third-order valence-electron chi connectivity index (χ3n) is 4.78.